The minimum atomic E-state index is -0.214. The van der Waals surface area contributed by atoms with Crippen molar-refractivity contribution in [2.45, 2.75) is 37.9 Å². The van der Waals surface area contributed by atoms with Crippen molar-refractivity contribution < 1.29 is 9.53 Å². The van der Waals surface area contributed by atoms with Gasteiger partial charge >= 0.3 is 0 Å². The number of aromatic nitrogens is 3. The van der Waals surface area contributed by atoms with E-state index in [1.54, 1.807) is 18.2 Å². The second-order valence-corrected chi connectivity index (χ2v) is 9.69. The molecule has 6 nitrogen and oxygen atoms in total. The largest absolute Gasteiger partial charge is 0.486 e. The molecule has 0 bridgehead atoms. The van der Waals surface area contributed by atoms with Gasteiger partial charge in [-0.25, -0.2) is 0 Å². The van der Waals surface area contributed by atoms with Crippen LogP contribution in [-0.4, -0.2) is 26.4 Å². The van der Waals surface area contributed by atoms with Crippen LogP contribution in [0.25, 0.3) is 0 Å². The first-order valence-electron chi connectivity index (χ1n) is 9.63. The fourth-order valence-electron chi connectivity index (χ4n) is 2.71. The number of halogens is 2. The number of nitrogens with one attached hydrogen (secondary N) is 1. The molecule has 0 saturated carbocycles. The van der Waals surface area contributed by atoms with E-state index in [0.29, 0.717) is 26.7 Å². The molecule has 0 spiro atoms. The highest BCUT2D eigenvalue weighted by atomic mass is 35.5. The Kier molecular flexibility index (Phi) is 7.51. The van der Waals surface area contributed by atoms with Crippen LogP contribution < -0.4 is 10.1 Å². The predicted octanol–water partition coefficient (Wildman–Crippen LogP) is 5.73. The van der Waals surface area contributed by atoms with Crippen LogP contribution in [0.5, 0.6) is 5.75 Å². The quantitative estimate of drug-likeness (QED) is 0.439. The monoisotopic (exact) mass is 478 g/mol. The average molecular weight is 479 g/mol. The van der Waals surface area contributed by atoms with Crippen molar-refractivity contribution in [3.63, 3.8) is 0 Å². The molecule has 0 unspecified atom stereocenters. The minimum Gasteiger partial charge on any atom is -0.486 e. The highest BCUT2D eigenvalue weighted by Gasteiger charge is 2.15. The number of ether oxygens (including phenoxy) is 1. The molecule has 0 aliphatic heterocycles. The summed E-state index contributed by atoms with van der Waals surface area (Å²) in [5.41, 5.74) is 1.82. The highest BCUT2D eigenvalue weighted by molar-refractivity contribution is 7.99. The van der Waals surface area contributed by atoms with Crippen molar-refractivity contribution in [2.24, 2.45) is 7.05 Å². The van der Waals surface area contributed by atoms with Gasteiger partial charge in [0.05, 0.1) is 21.5 Å². The predicted molar refractivity (Wildman–Crippen MR) is 126 cm³/mol. The zero-order valence-corrected chi connectivity index (χ0v) is 20.1. The number of carbonyl (C=O) groups is 1. The van der Waals surface area contributed by atoms with Gasteiger partial charge in [-0.2, -0.15) is 0 Å². The lowest BCUT2D eigenvalue weighted by molar-refractivity contribution is -0.113. The third-order valence-electron chi connectivity index (χ3n) is 4.57. The van der Waals surface area contributed by atoms with Gasteiger partial charge in [0.25, 0.3) is 0 Å². The number of carbonyl (C=O) groups excluding carboxylic acids is 1. The molecule has 0 aliphatic rings. The van der Waals surface area contributed by atoms with Crippen LogP contribution in [0.15, 0.2) is 47.6 Å². The van der Waals surface area contributed by atoms with Crippen LogP contribution in [0.2, 0.25) is 10.0 Å². The van der Waals surface area contributed by atoms with Gasteiger partial charge in [-0.05, 0) is 35.2 Å². The zero-order valence-electron chi connectivity index (χ0n) is 17.8. The summed E-state index contributed by atoms with van der Waals surface area (Å²) in [6.45, 7) is 6.80. The Balaban J connectivity index is 1.54. The maximum absolute atomic E-state index is 12.3. The molecule has 1 N–H and O–H groups in total. The molecule has 164 valence electrons. The van der Waals surface area contributed by atoms with E-state index in [1.807, 2.05) is 23.7 Å². The fraction of sp³-hybridized carbons (Fsp3) is 0.318. The Morgan fingerprint density at radius 2 is 1.84 bits per heavy atom. The smallest absolute Gasteiger partial charge is 0.234 e. The summed E-state index contributed by atoms with van der Waals surface area (Å²) in [6, 6.07) is 13.1. The van der Waals surface area contributed by atoms with Crippen molar-refractivity contribution in [1.29, 1.82) is 0 Å². The van der Waals surface area contributed by atoms with Crippen LogP contribution in [0.4, 0.5) is 5.69 Å². The van der Waals surface area contributed by atoms with E-state index in [4.69, 9.17) is 27.9 Å². The molecule has 0 saturated heterocycles. The molecule has 3 rings (SSSR count). The van der Waals surface area contributed by atoms with E-state index < -0.39 is 0 Å². The maximum atomic E-state index is 12.3. The molecular weight excluding hydrogens is 455 g/mol. The molecule has 2 aromatic carbocycles. The molecule has 0 radical (unpaired) electrons. The summed E-state index contributed by atoms with van der Waals surface area (Å²) in [5.74, 6) is 1.38. The number of hydrogen-bond acceptors (Lipinski definition) is 5. The summed E-state index contributed by atoms with van der Waals surface area (Å²) < 4.78 is 7.66. The van der Waals surface area contributed by atoms with Gasteiger partial charge in [-0.3, -0.25) is 4.79 Å². The Labute approximate surface area is 196 Å². The molecule has 0 aliphatic carbocycles. The first kappa shape index (κ1) is 23.4. The molecule has 3 aromatic rings. The van der Waals surface area contributed by atoms with Gasteiger partial charge in [0.15, 0.2) is 11.0 Å². The summed E-state index contributed by atoms with van der Waals surface area (Å²) in [5, 5.41) is 12.4. The lowest BCUT2D eigenvalue weighted by Crippen LogP contribution is -2.15. The molecule has 0 atom stereocenters. The van der Waals surface area contributed by atoms with Crippen molar-refractivity contribution in [3.8, 4) is 5.75 Å². The summed E-state index contributed by atoms with van der Waals surface area (Å²) in [4.78, 5) is 12.3. The van der Waals surface area contributed by atoms with E-state index in [2.05, 4.69) is 48.4 Å². The zero-order chi connectivity index (χ0) is 22.6. The fourth-order valence-corrected chi connectivity index (χ4v) is 3.79. The Morgan fingerprint density at radius 1 is 1.13 bits per heavy atom. The number of amides is 1. The molecule has 1 amide bonds. The summed E-state index contributed by atoms with van der Waals surface area (Å²) in [6.07, 6.45) is 0. The Hall–Kier alpha value is -2.22. The number of benzene rings is 2. The Morgan fingerprint density at radius 3 is 2.52 bits per heavy atom. The maximum Gasteiger partial charge on any atom is 0.234 e. The van der Waals surface area contributed by atoms with Gasteiger partial charge in [-0.1, -0.05) is 73.9 Å². The van der Waals surface area contributed by atoms with Crippen molar-refractivity contribution >= 4 is 46.6 Å². The summed E-state index contributed by atoms with van der Waals surface area (Å²) in [7, 11) is 1.84. The van der Waals surface area contributed by atoms with Gasteiger partial charge in [-0.15, -0.1) is 10.2 Å². The average Bonchev–Trinajstić information content (AvgIpc) is 3.07. The number of rotatable bonds is 7. The van der Waals surface area contributed by atoms with E-state index in [1.165, 1.54) is 17.3 Å². The van der Waals surface area contributed by atoms with Crippen LogP contribution >= 0.6 is 35.0 Å². The van der Waals surface area contributed by atoms with E-state index >= 15 is 0 Å². The number of thioether (sulfide) groups is 1. The van der Waals surface area contributed by atoms with Crippen LogP contribution in [0.1, 0.15) is 32.2 Å². The van der Waals surface area contributed by atoms with E-state index in [-0.39, 0.29) is 23.7 Å². The molecule has 0 fully saturated rings. The van der Waals surface area contributed by atoms with Crippen molar-refractivity contribution in [3.05, 3.63) is 63.9 Å². The van der Waals surface area contributed by atoms with Gasteiger partial charge in [0.1, 0.15) is 12.4 Å². The third-order valence-corrected chi connectivity index (χ3v) is 6.41. The normalized spacial score (nSPS) is 11.4. The molecule has 1 aromatic heterocycles. The van der Waals surface area contributed by atoms with Gasteiger partial charge in [0.2, 0.25) is 5.91 Å². The highest BCUT2D eigenvalue weighted by Crippen LogP contribution is 2.30. The second-order valence-electron chi connectivity index (χ2n) is 7.96. The number of hydrogen-bond donors (Lipinski definition) is 1. The van der Waals surface area contributed by atoms with Gasteiger partial charge in [0, 0.05) is 7.05 Å². The standard InChI is InChI=1S/C22H24Cl2N4O2S/c1-22(2,3)14-8-10-15(11-9-14)30-12-18-26-27-21(28(18)4)31-13-19(29)25-17-7-5-6-16(23)20(17)24/h5-11H,12-13H2,1-4H3,(H,25,29). The van der Waals surface area contributed by atoms with E-state index in [0.717, 1.165) is 5.75 Å². The van der Waals surface area contributed by atoms with Crippen LogP contribution in [-0.2, 0) is 23.9 Å². The topological polar surface area (TPSA) is 69.0 Å². The lowest BCUT2D eigenvalue weighted by atomic mass is 9.87. The molecule has 9 heteroatoms. The first-order chi connectivity index (χ1) is 14.6. The molecule has 1 heterocycles. The van der Waals surface area contributed by atoms with Crippen molar-refractivity contribution in [2.75, 3.05) is 11.1 Å². The van der Waals surface area contributed by atoms with Crippen LogP contribution in [0, 0.1) is 0 Å². The van der Waals surface area contributed by atoms with Crippen molar-refractivity contribution in [1.82, 2.24) is 14.8 Å². The molecule has 31 heavy (non-hydrogen) atoms. The minimum absolute atomic E-state index is 0.0959. The summed E-state index contributed by atoms with van der Waals surface area (Å²) >= 11 is 13.4. The third kappa shape index (κ3) is 6.15. The van der Waals surface area contributed by atoms with Crippen LogP contribution in [0.3, 0.4) is 0 Å². The van der Waals surface area contributed by atoms with E-state index in [9.17, 15) is 4.79 Å². The lowest BCUT2D eigenvalue weighted by Gasteiger charge is -2.19. The number of anilines is 1. The Bertz CT molecular complexity index is 1060. The second kappa shape index (κ2) is 9.94. The molecular formula is C22H24Cl2N4O2S. The number of nitrogens with zero attached hydrogens (tertiary/aromatic N) is 3. The SMILES string of the molecule is Cn1c(COc2ccc(C(C)(C)C)cc2)nnc1SCC(=O)Nc1cccc(Cl)c1Cl. The first-order valence-corrected chi connectivity index (χ1v) is 11.4. The van der Waals surface area contributed by atoms with Gasteiger partial charge < -0.3 is 14.6 Å².